The minimum atomic E-state index is -4.67. The molecule has 0 saturated heterocycles. The van der Waals surface area contributed by atoms with Crippen molar-refractivity contribution in [2.24, 2.45) is 0 Å². The van der Waals surface area contributed by atoms with Crippen LogP contribution in [-0.4, -0.2) is 33.1 Å². The van der Waals surface area contributed by atoms with Crippen molar-refractivity contribution in [3.8, 4) is 0 Å². The highest BCUT2D eigenvalue weighted by atomic mass is 19.4. The van der Waals surface area contributed by atoms with E-state index in [1.807, 2.05) is 0 Å². The van der Waals surface area contributed by atoms with E-state index in [2.05, 4.69) is 32.5 Å². The van der Waals surface area contributed by atoms with Gasteiger partial charge in [-0.3, -0.25) is 4.79 Å². The number of halogens is 3. The van der Waals surface area contributed by atoms with Crippen LogP contribution in [-0.2, 0) is 11.0 Å². The number of anilines is 4. The Labute approximate surface area is 171 Å². The smallest absolute Gasteiger partial charge is 0.393 e. The van der Waals surface area contributed by atoms with Gasteiger partial charge in [0.2, 0.25) is 11.9 Å². The van der Waals surface area contributed by atoms with Gasteiger partial charge in [-0.25, -0.2) is 4.98 Å². The highest BCUT2D eigenvalue weighted by Gasteiger charge is 2.35. The number of carbonyl (C=O) groups is 1. The maximum absolute atomic E-state index is 13.5. The van der Waals surface area contributed by atoms with E-state index in [1.54, 1.807) is 18.2 Å². The summed E-state index contributed by atoms with van der Waals surface area (Å²) in [4.78, 5) is 19.5. The molecule has 2 aromatic rings. The van der Waals surface area contributed by atoms with E-state index in [9.17, 15) is 23.1 Å². The molecule has 1 fully saturated rings. The van der Waals surface area contributed by atoms with Gasteiger partial charge >= 0.3 is 6.18 Å². The van der Waals surface area contributed by atoms with Crippen LogP contribution in [0.15, 0.2) is 43.1 Å². The summed E-state index contributed by atoms with van der Waals surface area (Å²) in [6, 6.07) is 6.30. The molecule has 1 saturated carbocycles. The fourth-order valence-corrected chi connectivity index (χ4v) is 3.17. The van der Waals surface area contributed by atoms with Crippen molar-refractivity contribution in [1.82, 2.24) is 9.97 Å². The molecule has 160 valence electrons. The lowest BCUT2D eigenvalue weighted by Gasteiger charge is -2.26. The molecule has 0 bridgehead atoms. The maximum atomic E-state index is 13.5. The molecule has 3 rings (SSSR count). The average molecular weight is 421 g/mol. The molecule has 1 aliphatic rings. The normalized spacial score (nSPS) is 19.1. The number of aliphatic hydroxyl groups excluding tert-OH is 1. The third kappa shape index (κ3) is 5.47. The Morgan fingerprint density at radius 3 is 2.47 bits per heavy atom. The summed E-state index contributed by atoms with van der Waals surface area (Å²) < 4.78 is 40.5. The zero-order chi connectivity index (χ0) is 21.7. The number of hydrogen-bond acceptors (Lipinski definition) is 6. The Kier molecular flexibility index (Phi) is 6.56. The van der Waals surface area contributed by atoms with E-state index in [1.165, 1.54) is 6.07 Å². The minimum Gasteiger partial charge on any atom is -0.393 e. The topological polar surface area (TPSA) is 99.2 Å². The number of aromatic nitrogens is 2. The van der Waals surface area contributed by atoms with E-state index < -0.39 is 23.5 Å². The average Bonchev–Trinajstić information content (AvgIpc) is 2.70. The molecular formula is C20H22F3N5O2. The third-order valence-electron chi connectivity index (χ3n) is 4.75. The highest BCUT2D eigenvalue weighted by molar-refractivity contribution is 6.01. The Bertz CT molecular complexity index is 912. The summed E-state index contributed by atoms with van der Waals surface area (Å²) in [6.45, 7) is 3.36. The number of nitrogens with one attached hydrogen (secondary N) is 3. The molecule has 30 heavy (non-hydrogen) atoms. The van der Waals surface area contributed by atoms with Gasteiger partial charge in [-0.1, -0.05) is 18.7 Å². The second kappa shape index (κ2) is 9.12. The van der Waals surface area contributed by atoms with Crippen molar-refractivity contribution in [3.05, 3.63) is 48.7 Å². The zero-order valence-corrected chi connectivity index (χ0v) is 16.0. The van der Waals surface area contributed by atoms with Crippen LogP contribution in [0.4, 0.5) is 36.3 Å². The first kappa shape index (κ1) is 21.6. The van der Waals surface area contributed by atoms with Crippen LogP contribution in [0, 0.1) is 0 Å². The molecule has 1 heterocycles. The van der Waals surface area contributed by atoms with Gasteiger partial charge < -0.3 is 21.1 Å². The molecule has 0 unspecified atom stereocenters. The second-order valence-electron chi connectivity index (χ2n) is 6.97. The van der Waals surface area contributed by atoms with Crippen LogP contribution in [0.25, 0.3) is 0 Å². The molecule has 4 N–H and O–H groups in total. The predicted molar refractivity (Wildman–Crippen MR) is 107 cm³/mol. The molecule has 10 heteroatoms. The van der Waals surface area contributed by atoms with E-state index in [-0.39, 0.29) is 29.5 Å². The number of hydrogen-bond donors (Lipinski definition) is 4. The highest BCUT2D eigenvalue weighted by Crippen LogP contribution is 2.36. The molecule has 0 atom stereocenters. The van der Waals surface area contributed by atoms with Gasteiger partial charge in [0.15, 0.2) is 0 Å². The van der Waals surface area contributed by atoms with Gasteiger partial charge in [0, 0.05) is 12.2 Å². The number of alkyl halides is 3. The number of amides is 1. The summed E-state index contributed by atoms with van der Waals surface area (Å²) >= 11 is 0. The first-order valence-corrected chi connectivity index (χ1v) is 9.44. The number of nitrogens with zero attached hydrogens (tertiary/aromatic N) is 2. The monoisotopic (exact) mass is 421 g/mol. The molecule has 0 spiro atoms. The fourth-order valence-electron chi connectivity index (χ4n) is 3.17. The largest absolute Gasteiger partial charge is 0.421 e. The Hall–Kier alpha value is -3.14. The minimum absolute atomic E-state index is 0.0304. The number of aliphatic hydroxyl groups is 1. The van der Waals surface area contributed by atoms with E-state index in [4.69, 9.17) is 0 Å². The van der Waals surface area contributed by atoms with Crippen LogP contribution in [0.1, 0.15) is 31.2 Å². The van der Waals surface area contributed by atoms with Crippen LogP contribution < -0.4 is 16.0 Å². The van der Waals surface area contributed by atoms with Crippen molar-refractivity contribution in [1.29, 1.82) is 0 Å². The second-order valence-corrected chi connectivity index (χ2v) is 6.97. The van der Waals surface area contributed by atoms with Gasteiger partial charge in [0.25, 0.3) is 0 Å². The van der Waals surface area contributed by atoms with Crippen molar-refractivity contribution in [2.75, 3.05) is 16.0 Å². The van der Waals surface area contributed by atoms with Crippen LogP contribution in [0.2, 0.25) is 0 Å². The first-order valence-electron chi connectivity index (χ1n) is 9.44. The summed E-state index contributed by atoms with van der Waals surface area (Å²) in [5, 5.41) is 17.8. The van der Waals surface area contributed by atoms with Gasteiger partial charge in [-0.2, -0.15) is 18.2 Å². The van der Waals surface area contributed by atoms with Crippen LogP contribution >= 0.6 is 0 Å². The van der Waals surface area contributed by atoms with Gasteiger partial charge in [-0.05, 0) is 43.9 Å². The van der Waals surface area contributed by atoms with E-state index >= 15 is 0 Å². The molecule has 1 aromatic heterocycles. The summed E-state index contributed by atoms with van der Waals surface area (Å²) in [5.74, 6) is -0.875. The van der Waals surface area contributed by atoms with Crippen molar-refractivity contribution in [2.45, 2.75) is 44.0 Å². The number of para-hydroxylation sites is 2. The maximum Gasteiger partial charge on any atom is 0.421 e. The zero-order valence-electron chi connectivity index (χ0n) is 16.0. The number of rotatable bonds is 6. The first-order chi connectivity index (χ1) is 14.3. The lowest BCUT2D eigenvalue weighted by Crippen LogP contribution is -2.29. The third-order valence-corrected chi connectivity index (χ3v) is 4.75. The summed E-state index contributed by atoms with van der Waals surface area (Å²) in [5.41, 5.74) is -0.509. The van der Waals surface area contributed by atoms with Gasteiger partial charge in [-0.15, -0.1) is 0 Å². The van der Waals surface area contributed by atoms with Gasteiger partial charge in [0.1, 0.15) is 11.4 Å². The van der Waals surface area contributed by atoms with Crippen LogP contribution in [0.3, 0.4) is 0 Å². The standard InChI is InChI=1S/C20H22F3N5O2/c1-2-17(30)26-15-5-3-4-6-16(15)27-18-14(20(21,22)23)11-24-19(28-18)25-12-7-9-13(29)10-8-12/h2-6,11-13,29H,1,7-10H2,(H,26,30)(H2,24,25,27,28)/t12-,13-. The van der Waals surface area contributed by atoms with E-state index in [0.29, 0.717) is 25.7 Å². The number of benzene rings is 1. The molecule has 0 radical (unpaired) electrons. The number of carbonyl (C=O) groups excluding carboxylic acids is 1. The van der Waals surface area contributed by atoms with Crippen molar-refractivity contribution in [3.63, 3.8) is 0 Å². The Morgan fingerprint density at radius 2 is 1.83 bits per heavy atom. The van der Waals surface area contributed by atoms with Crippen molar-refractivity contribution >= 4 is 29.0 Å². The van der Waals surface area contributed by atoms with Crippen molar-refractivity contribution < 1.29 is 23.1 Å². The Morgan fingerprint density at radius 1 is 1.17 bits per heavy atom. The fraction of sp³-hybridized carbons (Fsp3) is 0.350. The van der Waals surface area contributed by atoms with E-state index in [0.717, 1.165) is 12.3 Å². The van der Waals surface area contributed by atoms with Gasteiger partial charge in [0.05, 0.1) is 17.5 Å². The molecular weight excluding hydrogens is 399 g/mol. The SMILES string of the molecule is C=CC(=O)Nc1ccccc1Nc1nc(N[C@H]2CC[C@H](O)CC2)ncc1C(F)(F)F. The molecule has 0 aliphatic heterocycles. The lowest BCUT2D eigenvalue weighted by molar-refractivity contribution is -0.137. The molecule has 1 aliphatic carbocycles. The van der Waals surface area contributed by atoms with Crippen LogP contribution in [0.5, 0.6) is 0 Å². The summed E-state index contributed by atoms with van der Waals surface area (Å²) in [6.07, 6.45) is -0.674. The molecule has 1 amide bonds. The molecule has 1 aromatic carbocycles. The Balaban J connectivity index is 1.88. The summed E-state index contributed by atoms with van der Waals surface area (Å²) in [7, 11) is 0. The lowest BCUT2D eigenvalue weighted by atomic mass is 9.93. The molecule has 7 nitrogen and oxygen atoms in total. The predicted octanol–water partition coefficient (Wildman–Crippen LogP) is 4.08. The quantitative estimate of drug-likeness (QED) is 0.525.